The average Bonchev–Trinajstić information content (AvgIpc) is 3.46. The van der Waals surface area contributed by atoms with Crippen LogP contribution < -0.4 is 5.32 Å². The highest BCUT2D eigenvalue weighted by atomic mass is 127. The molecule has 4 rings (SSSR count). The van der Waals surface area contributed by atoms with Crippen molar-refractivity contribution in [3.63, 3.8) is 0 Å². The van der Waals surface area contributed by atoms with Crippen molar-refractivity contribution in [2.75, 3.05) is 60.0 Å². The molecule has 0 aromatic rings. The fourth-order valence-electron chi connectivity index (χ4n) is 5.49. The zero-order valence-corrected chi connectivity index (χ0v) is 20.3. The largest absolute Gasteiger partial charge is 0.376 e. The standard InChI is InChI=1S/C21H37N5O2.HI/c1-24(2)20(27)15-23-21(22-14-18-4-3-11-28-18)26-9-7-25(8-10-26)19-13-16-5-6-17(19)12-16;/h16-19H,3-15H2,1-2H3,(H,22,23);1H. The van der Waals surface area contributed by atoms with E-state index in [1.807, 2.05) is 0 Å². The number of likely N-dealkylation sites (N-methyl/N-ethyl adjacent to an activating group) is 1. The van der Waals surface area contributed by atoms with E-state index < -0.39 is 0 Å². The van der Waals surface area contributed by atoms with E-state index in [-0.39, 0.29) is 42.5 Å². The van der Waals surface area contributed by atoms with Crippen molar-refractivity contribution < 1.29 is 9.53 Å². The van der Waals surface area contributed by atoms with Gasteiger partial charge in [-0.1, -0.05) is 6.42 Å². The summed E-state index contributed by atoms with van der Waals surface area (Å²) in [6, 6.07) is 0.816. The molecular weight excluding hydrogens is 481 g/mol. The van der Waals surface area contributed by atoms with Gasteiger partial charge in [-0.15, -0.1) is 24.0 Å². The van der Waals surface area contributed by atoms with Crippen molar-refractivity contribution in [3.05, 3.63) is 0 Å². The Bertz CT molecular complexity index is 573. The molecule has 8 heteroatoms. The third-order valence-corrected chi connectivity index (χ3v) is 7.16. The summed E-state index contributed by atoms with van der Waals surface area (Å²) in [5.41, 5.74) is 0. The average molecular weight is 519 g/mol. The van der Waals surface area contributed by atoms with E-state index >= 15 is 0 Å². The highest BCUT2D eigenvalue weighted by Crippen LogP contribution is 2.46. The van der Waals surface area contributed by atoms with Crippen LogP contribution in [-0.2, 0) is 9.53 Å². The Kier molecular flexibility index (Phi) is 8.44. The molecule has 1 N–H and O–H groups in total. The third kappa shape index (κ3) is 5.76. The molecule has 2 saturated carbocycles. The number of hydrogen-bond acceptors (Lipinski definition) is 4. The molecule has 2 aliphatic heterocycles. The smallest absolute Gasteiger partial charge is 0.243 e. The molecule has 0 spiro atoms. The van der Waals surface area contributed by atoms with Gasteiger partial charge in [-0.05, 0) is 43.9 Å². The van der Waals surface area contributed by atoms with Crippen LogP contribution in [0.15, 0.2) is 4.99 Å². The Hall–Kier alpha value is -0.610. The first-order chi connectivity index (χ1) is 13.6. The molecule has 1 amide bonds. The first kappa shape index (κ1) is 23.1. The van der Waals surface area contributed by atoms with Gasteiger partial charge in [-0.25, -0.2) is 4.99 Å². The van der Waals surface area contributed by atoms with Gasteiger partial charge in [0.2, 0.25) is 5.91 Å². The highest BCUT2D eigenvalue weighted by molar-refractivity contribution is 14.0. The quantitative estimate of drug-likeness (QED) is 0.340. The second kappa shape index (κ2) is 10.6. The molecule has 2 heterocycles. The predicted octanol–water partition coefficient (Wildman–Crippen LogP) is 1.62. The third-order valence-electron chi connectivity index (χ3n) is 7.16. The molecule has 2 bridgehead atoms. The summed E-state index contributed by atoms with van der Waals surface area (Å²) >= 11 is 0. The molecule has 0 radical (unpaired) electrons. The van der Waals surface area contributed by atoms with Crippen molar-refractivity contribution in [2.45, 2.75) is 50.7 Å². The van der Waals surface area contributed by atoms with Crippen molar-refractivity contribution in [2.24, 2.45) is 16.8 Å². The van der Waals surface area contributed by atoms with Crippen LogP contribution >= 0.6 is 24.0 Å². The van der Waals surface area contributed by atoms with Gasteiger partial charge < -0.3 is 19.9 Å². The van der Waals surface area contributed by atoms with Gasteiger partial charge >= 0.3 is 0 Å². The minimum absolute atomic E-state index is 0. The molecule has 0 aromatic carbocycles. The lowest BCUT2D eigenvalue weighted by Gasteiger charge is -2.42. The Morgan fingerprint density at radius 3 is 2.52 bits per heavy atom. The summed E-state index contributed by atoms with van der Waals surface area (Å²) in [6.45, 7) is 6.03. The number of carbonyl (C=O) groups is 1. The van der Waals surface area contributed by atoms with Gasteiger partial charge in [0.25, 0.3) is 0 Å². The summed E-state index contributed by atoms with van der Waals surface area (Å²) in [6.07, 6.45) is 8.30. The van der Waals surface area contributed by atoms with Gasteiger partial charge in [-0.3, -0.25) is 9.69 Å². The summed E-state index contributed by atoms with van der Waals surface area (Å²) < 4.78 is 5.75. The maximum atomic E-state index is 12.0. The van der Waals surface area contributed by atoms with Crippen LogP contribution in [0.1, 0.15) is 38.5 Å². The molecule has 2 aliphatic carbocycles. The van der Waals surface area contributed by atoms with Crippen LogP contribution in [0.5, 0.6) is 0 Å². The van der Waals surface area contributed by atoms with Crippen molar-refractivity contribution >= 4 is 35.8 Å². The van der Waals surface area contributed by atoms with E-state index in [0.29, 0.717) is 0 Å². The van der Waals surface area contributed by atoms with Crippen molar-refractivity contribution in [3.8, 4) is 0 Å². The second-order valence-corrected chi connectivity index (χ2v) is 9.21. The number of aliphatic imine (C=N–C) groups is 1. The van der Waals surface area contributed by atoms with E-state index in [1.54, 1.807) is 19.0 Å². The normalized spacial score (nSPS) is 32.3. The molecule has 7 nitrogen and oxygen atoms in total. The van der Waals surface area contributed by atoms with Crippen LogP contribution in [0.4, 0.5) is 0 Å². The number of guanidine groups is 1. The van der Waals surface area contributed by atoms with Gasteiger partial charge in [-0.2, -0.15) is 0 Å². The number of nitrogens with zero attached hydrogens (tertiary/aromatic N) is 4. The minimum atomic E-state index is 0. The molecule has 4 atom stereocenters. The van der Waals surface area contributed by atoms with Crippen LogP contribution in [0, 0.1) is 11.8 Å². The molecule has 4 unspecified atom stereocenters. The number of carbonyl (C=O) groups excluding carboxylic acids is 1. The Morgan fingerprint density at radius 2 is 1.93 bits per heavy atom. The van der Waals surface area contributed by atoms with Gasteiger partial charge in [0.1, 0.15) is 6.54 Å². The lowest BCUT2D eigenvalue weighted by Crippen LogP contribution is -2.56. The highest BCUT2D eigenvalue weighted by Gasteiger charge is 2.42. The summed E-state index contributed by atoms with van der Waals surface area (Å²) in [5, 5.41) is 3.50. The van der Waals surface area contributed by atoms with E-state index in [2.05, 4.69) is 20.1 Å². The van der Waals surface area contributed by atoms with Gasteiger partial charge in [0.15, 0.2) is 5.96 Å². The number of amides is 1. The molecule has 0 aromatic heterocycles. The first-order valence-corrected chi connectivity index (χ1v) is 11.2. The molecule has 29 heavy (non-hydrogen) atoms. The van der Waals surface area contributed by atoms with Gasteiger partial charge in [0, 0.05) is 59.5 Å². The van der Waals surface area contributed by atoms with E-state index in [4.69, 9.17) is 4.74 Å². The zero-order chi connectivity index (χ0) is 19.5. The van der Waals surface area contributed by atoms with Gasteiger partial charge in [0.05, 0.1) is 6.10 Å². The number of fused-ring (bicyclic) bond motifs is 2. The topological polar surface area (TPSA) is 60.4 Å². The summed E-state index contributed by atoms with van der Waals surface area (Å²) in [4.78, 5) is 23.4. The number of nitrogens with one attached hydrogen (secondary N) is 1. The van der Waals surface area contributed by atoms with E-state index in [0.717, 1.165) is 76.0 Å². The molecule has 166 valence electrons. The van der Waals surface area contributed by atoms with Crippen LogP contribution in [0.25, 0.3) is 0 Å². The molecule has 2 saturated heterocycles. The van der Waals surface area contributed by atoms with E-state index in [1.165, 1.54) is 25.7 Å². The van der Waals surface area contributed by atoms with Crippen LogP contribution in [0.3, 0.4) is 0 Å². The first-order valence-electron chi connectivity index (χ1n) is 11.2. The number of piperazine rings is 1. The van der Waals surface area contributed by atoms with Crippen LogP contribution in [-0.4, -0.2) is 98.7 Å². The zero-order valence-electron chi connectivity index (χ0n) is 18.0. The lowest BCUT2D eigenvalue weighted by molar-refractivity contribution is -0.127. The molecular formula is C21H38IN5O2. The molecule has 4 fully saturated rings. The Labute approximate surface area is 192 Å². The fraction of sp³-hybridized carbons (Fsp3) is 0.905. The fourth-order valence-corrected chi connectivity index (χ4v) is 5.49. The predicted molar refractivity (Wildman–Crippen MR) is 126 cm³/mol. The van der Waals surface area contributed by atoms with E-state index in [9.17, 15) is 4.79 Å². The maximum Gasteiger partial charge on any atom is 0.243 e. The number of ether oxygens (including phenoxy) is 1. The number of halogens is 1. The SMILES string of the molecule is CN(C)C(=O)CN=C(NCC1CCCO1)N1CCN(C2CC3CCC2C3)CC1.I. The maximum absolute atomic E-state index is 12.0. The van der Waals surface area contributed by atoms with Crippen molar-refractivity contribution in [1.29, 1.82) is 0 Å². The number of hydrogen-bond donors (Lipinski definition) is 1. The monoisotopic (exact) mass is 519 g/mol. The lowest BCUT2D eigenvalue weighted by atomic mass is 9.93. The van der Waals surface area contributed by atoms with Crippen molar-refractivity contribution in [1.82, 2.24) is 20.0 Å². The molecule has 4 aliphatic rings. The second-order valence-electron chi connectivity index (χ2n) is 9.21. The van der Waals surface area contributed by atoms with Crippen LogP contribution in [0.2, 0.25) is 0 Å². The number of rotatable bonds is 5. The Balaban J connectivity index is 0.00000240. The minimum Gasteiger partial charge on any atom is -0.376 e. The Morgan fingerprint density at radius 1 is 1.14 bits per heavy atom. The summed E-state index contributed by atoms with van der Waals surface area (Å²) in [7, 11) is 3.57. The summed E-state index contributed by atoms with van der Waals surface area (Å²) in [5.74, 6) is 2.85.